The molecule has 4 nitrogen and oxygen atoms in total. The van der Waals surface area contributed by atoms with Gasteiger partial charge < -0.3 is 15.0 Å². The van der Waals surface area contributed by atoms with Crippen LogP contribution in [-0.2, 0) is 4.74 Å². The molecular formula is C11H22N2O2. The number of carbonyl (C=O) groups is 1. The molecule has 1 aliphatic heterocycles. The number of nitrogens with one attached hydrogen (secondary N) is 1. The summed E-state index contributed by atoms with van der Waals surface area (Å²) in [7, 11) is 0. The third-order valence-electron chi connectivity index (χ3n) is 2.64. The predicted octanol–water partition coefficient (Wildman–Crippen LogP) is 1.61. The van der Waals surface area contributed by atoms with Crippen LogP contribution in [0.4, 0.5) is 4.79 Å². The van der Waals surface area contributed by atoms with Gasteiger partial charge in [0.1, 0.15) is 0 Å². The van der Waals surface area contributed by atoms with Gasteiger partial charge in [-0.2, -0.15) is 0 Å². The van der Waals surface area contributed by atoms with Crippen LogP contribution in [0.3, 0.4) is 0 Å². The van der Waals surface area contributed by atoms with Crippen LogP contribution in [-0.4, -0.2) is 43.3 Å². The monoisotopic (exact) mass is 214 g/mol. The fourth-order valence-electron chi connectivity index (χ4n) is 1.73. The van der Waals surface area contributed by atoms with E-state index in [0.717, 1.165) is 45.5 Å². The molecule has 0 saturated carbocycles. The molecule has 15 heavy (non-hydrogen) atoms. The van der Waals surface area contributed by atoms with Crippen molar-refractivity contribution in [1.82, 2.24) is 10.2 Å². The molecule has 1 atom stereocenters. The van der Waals surface area contributed by atoms with E-state index in [1.165, 1.54) is 0 Å². The topological polar surface area (TPSA) is 41.6 Å². The van der Waals surface area contributed by atoms with E-state index in [2.05, 4.69) is 12.2 Å². The summed E-state index contributed by atoms with van der Waals surface area (Å²) in [6.07, 6.45) is 3.43. The van der Waals surface area contributed by atoms with Crippen LogP contribution in [0.1, 0.15) is 33.1 Å². The molecule has 1 N–H and O–H groups in total. The maximum absolute atomic E-state index is 11.7. The average Bonchev–Trinajstić information content (AvgIpc) is 2.75. The van der Waals surface area contributed by atoms with Crippen LogP contribution in [0.2, 0.25) is 0 Å². The maximum atomic E-state index is 11.7. The number of likely N-dealkylation sites (N-methyl/N-ethyl adjacent to an activating group) is 1. The van der Waals surface area contributed by atoms with Crippen LogP contribution in [0, 0.1) is 0 Å². The van der Waals surface area contributed by atoms with Gasteiger partial charge in [-0.05, 0) is 26.2 Å². The lowest BCUT2D eigenvalue weighted by Crippen LogP contribution is -2.43. The zero-order valence-electron chi connectivity index (χ0n) is 9.79. The quantitative estimate of drug-likeness (QED) is 0.755. The summed E-state index contributed by atoms with van der Waals surface area (Å²) in [5, 5.41) is 2.89. The van der Waals surface area contributed by atoms with Gasteiger partial charge in [-0.15, -0.1) is 0 Å². The Balaban J connectivity index is 2.29. The van der Waals surface area contributed by atoms with Crippen LogP contribution in [0.25, 0.3) is 0 Å². The molecule has 1 rings (SSSR count). The number of urea groups is 1. The second-order valence-electron chi connectivity index (χ2n) is 3.91. The Hall–Kier alpha value is -0.770. The summed E-state index contributed by atoms with van der Waals surface area (Å²) in [6.45, 7) is 7.12. The van der Waals surface area contributed by atoms with Crippen molar-refractivity contribution in [3.63, 3.8) is 0 Å². The maximum Gasteiger partial charge on any atom is 0.317 e. The first-order valence-electron chi connectivity index (χ1n) is 5.92. The molecule has 0 spiro atoms. The van der Waals surface area contributed by atoms with Gasteiger partial charge in [-0.1, -0.05) is 6.92 Å². The van der Waals surface area contributed by atoms with Crippen molar-refractivity contribution in [3.05, 3.63) is 0 Å². The van der Waals surface area contributed by atoms with Crippen LogP contribution in [0.15, 0.2) is 0 Å². The summed E-state index contributed by atoms with van der Waals surface area (Å²) in [6, 6.07) is 0.0369. The minimum absolute atomic E-state index is 0.0369. The van der Waals surface area contributed by atoms with Crippen LogP contribution in [0.5, 0.6) is 0 Å². The van der Waals surface area contributed by atoms with E-state index < -0.39 is 0 Å². The molecule has 1 saturated heterocycles. The lowest BCUT2D eigenvalue weighted by Gasteiger charge is -2.24. The standard InChI is InChI=1S/C11H22N2O2/c1-3-7-12-11(14)13(4-2)9-10-6-5-8-15-10/h10H,3-9H2,1-2H3,(H,12,14). The van der Waals surface area contributed by atoms with Gasteiger partial charge in [0.2, 0.25) is 0 Å². The highest BCUT2D eigenvalue weighted by Gasteiger charge is 2.20. The Morgan fingerprint density at radius 1 is 1.53 bits per heavy atom. The third-order valence-corrected chi connectivity index (χ3v) is 2.64. The fraction of sp³-hybridized carbons (Fsp3) is 0.909. The van der Waals surface area contributed by atoms with Crippen molar-refractivity contribution in [2.24, 2.45) is 0 Å². The van der Waals surface area contributed by atoms with Crippen molar-refractivity contribution in [2.45, 2.75) is 39.2 Å². The van der Waals surface area contributed by atoms with E-state index in [1.807, 2.05) is 11.8 Å². The summed E-state index contributed by atoms with van der Waals surface area (Å²) < 4.78 is 5.52. The molecule has 88 valence electrons. The van der Waals surface area contributed by atoms with Crippen LogP contribution < -0.4 is 5.32 Å². The fourth-order valence-corrected chi connectivity index (χ4v) is 1.73. The summed E-state index contributed by atoms with van der Waals surface area (Å²) >= 11 is 0. The summed E-state index contributed by atoms with van der Waals surface area (Å²) in [4.78, 5) is 13.5. The van der Waals surface area contributed by atoms with Crippen molar-refractivity contribution < 1.29 is 9.53 Å². The van der Waals surface area contributed by atoms with Gasteiger partial charge in [0.05, 0.1) is 6.10 Å². The first kappa shape index (κ1) is 12.3. The minimum Gasteiger partial charge on any atom is -0.376 e. The predicted molar refractivity (Wildman–Crippen MR) is 59.9 cm³/mol. The number of ether oxygens (including phenoxy) is 1. The molecule has 0 aliphatic carbocycles. The van der Waals surface area contributed by atoms with E-state index in [0.29, 0.717) is 0 Å². The lowest BCUT2D eigenvalue weighted by atomic mass is 10.2. The van der Waals surface area contributed by atoms with Gasteiger partial charge in [-0.3, -0.25) is 0 Å². The number of rotatable bonds is 5. The molecule has 4 heteroatoms. The van der Waals surface area contributed by atoms with Crippen LogP contribution >= 0.6 is 0 Å². The molecule has 1 fully saturated rings. The Morgan fingerprint density at radius 3 is 2.87 bits per heavy atom. The van der Waals surface area contributed by atoms with Crippen molar-refractivity contribution in [3.8, 4) is 0 Å². The van der Waals surface area contributed by atoms with Crippen molar-refractivity contribution in [2.75, 3.05) is 26.2 Å². The molecule has 2 amide bonds. The number of hydrogen-bond donors (Lipinski definition) is 1. The lowest BCUT2D eigenvalue weighted by molar-refractivity contribution is 0.0827. The molecule has 0 aromatic carbocycles. The molecule has 0 bridgehead atoms. The van der Waals surface area contributed by atoms with E-state index >= 15 is 0 Å². The summed E-state index contributed by atoms with van der Waals surface area (Å²) in [5.74, 6) is 0. The van der Waals surface area contributed by atoms with Gasteiger partial charge in [0.25, 0.3) is 0 Å². The first-order chi connectivity index (χ1) is 7.27. The van der Waals surface area contributed by atoms with E-state index in [-0.39, 0.29) is 12.1 Å². The SMILES string of the molecule is CCCNC(=O)N(CC)CC1CCCO1. The molecule has 1 aliphatic rings. The highest BCUT2D eigenvalue weighted by molar-refractivity contribution is 5.74. The normalized spacial score (nSPS) is 20.3. The largest absolute Gasteiger partial charge is 0.376 e. The van der Waals surface area contributed by atoms with E-state index in [9.17, 15) is 4.79 Å². The zero-order chi connectivity index (χ0) is 11.1. The number of nitrogens with zero attached hydrogens (tertiary/aromatic N) is 1. The molecular weight excluding hydrogens is 192 g/mol. The Morgan fingerprint density at radius 2 is 2.33 bits per heavy atom. The molecule has 0 aromatic heterocycles. The minimum atomic E-state index is 0.0369. The Labute approximate surface area is 92.0 Å². The average molecular weight is 214 g/mol. The molecule has 1 heterocycles. The van der Waals surface area contributed by atoms with Gasteiger partial charge >= 0.3 is 6.03 Å². The smallest absolute Gasteiger partial charge is 0.317 e. The molecule has 1 unspecified atom stereocenters. The van der Waals surface area contributed by atoms with Gasteiger partial charge in [0, 0.05) is 26.2 Å². The Kier molecular flexibility index (Phi) is 5.47. The second kappa shape index (κ2) is 6.67. The first-order valence-corrected chi connectivity index (χ1v) is 5.92. The van der Waals surface area contributed by atoms with Crippen molar-refractivity contribution in [1.29, 1.82) is 0 Å². The zero-order valence-corrected chi connectivity index (χ0v) is 9.79. The number of amides is 2. The molecule has 0 radical (unpaired) electrons. The van der Waals surface area contributed by atoms with Crippen molar-refractivity contribution >= 4 is 6.03 Å². The number of hydrogen-bond acceptors (Lipinski definition) is 2. The van der Waals surface area contributed by atoms with Gasteiger partial charge in [0.15, 0.2) is 0 Å². The molecule has 0 aromatic rings. The highest BCUT2D eigenvalue weighted by atomic mass is 16.5. The number of carbonyl (C=O) groups excluding carboxylic acids is 1. The second-order valence-corrected chi connectivity index (χ2v) is 3.91. The van der Waals surface area contributed by atoms with Gasteiger partial charge in [-0.25, -0.2) is 4.79 Å². The Bertz CT molecular complexity index is 191. The van der Waals surface area contributed by atoms with E-state index in [4.69, 9.17) is 4.74 Å². The third kappa shape index (κ3) is 4.08. The van der Waals surface area contributed by atoms with E-state index in [1.54, 1.807) is 0 Å². The summed E-state index contributed by atoms with van der Waals surface area (Å²) in [5.41, 5.74) is 0. The highest BCUT2D eigenvalue weighted by Crippen LogP contribution is 2.13.